The molecule has 2 heteroatoms. The molecule has 0 saturated carbocycles. The average molecular weight is 706 g/mol. The van der Waals surface area contributed by atoms with Gasteiger partial charge in [0.2, 0.25) is 0 Å². The van der Waals surface area contributed by atoms with E-state index in [1.54, 1.807) is 0 Å². The molecule has 0 unspecified atom stereocenters. The lowest BCUT2D eigenvalue weighted by molar-refractivity contribution is 1.28. The Balaban J connectivity index is 1.05. The number of thiophene rings is 1. The molecule has 1 aromatic heterocycles. The van der Waals surface area contributed by atoms with Crippen molar-refractivity contribution in [2.75, 3.05) is 4.90 Å². The Bertz CT molecular complexity index is 2920. The fraction of sp³-hybridized carbons (Fsp3) is 0. The van der Waals surface area contributed by atoms with Gasteiger partial charge in [-0.25, -0.2) is 0 Å². The SMILES string of the molecule is c1ccc(-c2ccccc2N(c2ccc(-c3cccc(-c4ccc5ccccc5c4)c3)cc2)c2ccc(-c3cccc4c3sc3ccccc34)cc2)cc1. The lowest BCUT2D eigenvalue weighted by atomic mass is 9.97. The summed E-state index contributed by atoms with van der Waals surface area (Å²) in [5, 5.41) is 5.15. The van der Waals surface area contributed by atoms with E-state index in [1.807, 2.05) is 11.3 Å². The van der Waals surface area contributed by atoms with Crippen LogP contribution in [0.15, 0.2) is 212 Å². The molecule has 0 spiro atoms. The first kappa shape index (κ1) is 32.0. The van der Waals surface area contributed by atoms with Gasteiger partial charge in [0.05, 0.1) is 5.69 Å². The molecule has 0 fully saturated rings. The molecule has 254 valence electrons. The van der Waals surface area contributed by atoms with Crippen molar-refractivity contribution in [1.82, 2.24) is 0 Å². The van der Waals surface area contributed by atoms with Crippen LogP contribution in [-0.4, -0.2) is 0 Å². The Morgan fingerprint density at radius 1 is 0.315 bits per heavy atom. The maximum Gasteiger partial charge on any atom is 0.0540 e. The quantitative estimate of drug-likeness (QED) is 0.160. The van der Waals surface area contributed by atoms with Crippen LogP contribution in [0.25, 0.3) is 75.5 Å². The lowest BCUT2D eigenvalue weighted by Crippen LogP contribution is -2.11. The van der Waals surface area contributed by atoms with Crippen LogP contribution >= 0.6 is 11.3 Å². The van der Waals surface area contributed by atoms with Crippen molar-refractivity contribution >= 4 is 59.3 Å². The zero-order valence-electron chi connectivity index (χ0n) is 29.6. The third kappa shape index (κ3) is 5.84. The Kier molecular flexibility index (Phi) is 8.09. The van der Waals surface area contributed by atoms with Crippen LogP contribution in [-0.2, 0) is 0 Å². The molecular weight excluding hydrogens is 671 g/mol. The summed E-state index contributed by atoms with van der Waals surface area (Å²) in [6.45, 7) is 0. The highest BCUT2D eigenvalue weighted by Gasteiger charge is 2.18. The van der Waals surface area contributed by atoms with E-state index in [-0.39, 0.29) is 0 Å². The van der Waals surface area contributed by atoms with Gasteiger partial charge >= 0.3 is 0 Å². The molecule has 54 heavy (non-hydrogen) atoms. The Hall–Kier alpha value is -6.74. The van der Waals surface area contributed by atoms with E-state index in [0.717, 1.165) is 17.1 Å². The minimum absolute atomic E-state index is 1.10. The third-order valence-corrected chi connectivity index (χ3v) is 11.7. The van der Waals surface area contributed by atoms with Gasteiger partial charge in [-0.1, -0.05) is 164 Å². The van der Waals surface area contributed by atoms with Gasteiger partial charge in [0.1, 0.15) is 0 Å². The predicted octanol–water partition coefficient (Wildman–Crippen LogP) is 15.3. The van der Waals surface area contributed by atoms with E-state index >= 15 is 0 Å². The summed E-state index contributed by atoms with van der Waals surface area (Å²) in [5.41, 5.74) is 13.0. The van der Waals surface area contributed by atoms with E-state index in [9.17, 15) is 0 Å². The van der Waals surface area contributed by atoms with Crippen molar-refractivity contribution < 1.29 is 0 Å². The standard InChI is InChI=1S/C52H35NS/c1-2-13-38(14-3-1)46-18-6-8-22-50(46)53(45-32-28-39(29-33-45)47-20-11-21-49-48-19-7-9-23-51(48)54-52(47)49)44-30-26-37(27-31-44)41-16-10-17-42(34-41)43-25-24-36-12-4-5-15-40(36)35-43/h1-35H. The molecule has 1 nitrogen and oxygen atoms in total. The van der Waals surface area contributed by atoms with Crippen LogP contribution in [0.1, 0.15) is 0 Å². The molecule has 0 radical (unpaired) electrons. The molecule has 0 amide bonds. The summed E-state index contributed by atoms with van der Waals surface area (Å²) in [6, 6.07) is 77.1. The lowest BCUT2D eigenvalue weighted by Gasteiger charge is -2.28. The first-order valence-electron chi connectivity index (χ1n) is 18.4. The van der Waals surface area contributed by atoms with Crippen LogP contribution in [0.4, 0.5) is 17.1 Å². The van der Waals surface area contributed by atoms with Gasteiger partial charge in [-0.05, 0) is 98.2 Å². The molecule has 0 N–H and O–H groups in total. The van der Waals surface area contributed by atoms with E-state index in [2.05, 4.69) is 217 Å². The maximum absolute atomic E-state index is 2.39. The topological polar surface area (TPSA) is 3.24 Å². The van der Waals surface area contributed by atoms with Gasteiger partial charge in [0.25, 0.3) is 0 Å². The van der Waals surface area contributed by atoms with Crippen LogP contribution in [0.3, 0.4) is 0 Å². The van der Waals surface area contributed by atoms with Crippen LogP contribution in [0.5, 0.6) is 0 Å². The Morgan fingerprint density at radius 3 is 1.67 bits per heavy atom. The van der Waals surface area contributed by atoms with Crippen LogP contribution in [0.2, 0.25) is 0 Å². The van der Waals surface area contributed by atoms with Crippen molar-refractivity contribution in [3.05, 3.63) is 212 Å². The van der Waals surface area contributed by atoms with E-state index in [1.165, 1.54) is 75.5 Å². The van der Waals surface area contributed by atoms with Gasteiger partial charge in [-0.15, -0.1) is 11.3 Å². The van der Waals surface area contributed by atoms with E-state index in [0.29, 0.717) is 0 Å². The number of anilines is 3. The van der Waals surface area contributed by atoms with Crippen molar-refractivity contribution in [3.63, 3.8) is 0 Å². The second-order valence-electron chi connectivity index (χ2n) is 13.7. The summed E-state index contributed by atoms with van der Waals surface area (Å²) >= 11 is 1.88. The number of hydrogen-bond donors (Lipinski definition) is 0. The molecule has 0 atom stereocenters. The summed E-state index contributed by atoms with van der Waals surface area (Å²) in [5.74, 6) is 0. The minimum Gasteiger partial charge on any atom is -0.310 e. The second kappa shape index (κ2) is 13.7. The molecule has 10 rings (SSSR count). The summed E-state index contributed by atoms with van der Waals surface area (Å²) in [6.07, 6.45) is 0. The van der Waals surface area contributed by atoms with Gasteiger partial charge in [0, 0.05) is 37.1 Å². The highest BCUT2D eigenvalue weighted by Crippen LogP contribution is 2.44. The number of hydrogen-bond acceptors (Lipinski definition) is 2. The first-order valence-corrected chi connectivity index (χ1v) is 19.2. The summed E-state index contributed by atoms with van der Waals surface area (Å²) < 4.78 is 2.65. The molecule has 10 aromatic rings. The summed E-state index contributed by atoms with van der Waals surface area (Å²) in [4.78, 5) is 2.39. The van der Waals surface area contributed by atoms with Crippen molar-refractivity contribution in [3.8, 4) is 44.5 Å². The smallest absolute Gasteiger partial charge is 0.0540 e. The van der Waals surface area contributed by atoms with Gasteiger partial charge in [-0.2, -0.15) is 0 Å². The van der Waals surface area contributed by atoms with Crippen molar-refractivity contribution in [1.29, 1.82) is 0 Å². The second-order valence-corrected chi connectivity index (χ2v) is 14.8. The minimum atomic E-state index is 1.10. The zero-order valence-corrected chi connectivity index (χ0v) is 30.4. The molecule has 0 bridgehead atoms. The monoisotopic (exact) mass is 705 g/mol. The highest BCUT2D eigenvalue weighted by molar-refractivity contribution is 7.26. The van der Waals surface area contributed by atoms with Crippen LogP contribution in [0, 0.1) is 0 Å². The number of para-hydroxylation sites is 1. The highest BCUT2D eigenvalue weighted by atomic mass is 32.1. The van der Waals surface area contributed by atoms with Crippen LogP contribution < -0.4 is 4.90 Å². The van der Waals surface area contributed by atoms with Gasteiger partial charge < -0.3 is 4.90 Å². The van der Waals surface area contributed by atoms with Crippen molar-refractivity contribution in [2.24, 2.45) is 0 Å². The summed E-state index contributed by atoms with van der Waals surface area (Å²) in [7, 11) is 0. The Morgan fingerprint density at radius 2 is 0.852 bits per heavy atom. The fourth-order valence-corrected chi connectivity index (χ4v) is 9.01. The van der Waals surface area contributed by atoms with E-state index in [4.69, 9.17) is 0 Å². The molecule has 0 aliphatic rings. The Labute approximate surface area is 319 Å². The largest absolute Gasteiger partial charge is 0.310 e. The number of rotatable bonds is 7. The molecule has 0 aliphatic carbocycles. The number of benzene rings is 9. The molecular formula is C52H35NS. The molecule has 0 saturated heterocycles. The first-order chi connectivity index (χ1) is 26.8. The molecule has 1 heterocycles. The fourth-order valence-electron chi connectivity index (χ4n) is 7.77. The maximum atomic E-state index is 2.39. The van der Waals surface area contributed by atoms with Gasteiger partial charge in [-0.3, -0.25) is 0 Å². The number of fused-ring (bicyclic) bond motifs is 4. The predicted molar refractivity (Wildman–Crippen MR) is 233 cm³/mol. The number of nitrogens with zero attached hydrogens (tertiary/aromatic N) is 1. The van der Waals surface area contributed by atoms with E-state index < -0.39 is 0 Å². The average Bonchev–Trinajstić information content (AvgIpc) is 3.64. The molecule has 0 aliphatic heterocycles. The normalized spacial score (nSPS) is 11.3. The van der Waals surface area contributed by atoms with Crippen molar-refractivity contribution in [2.45, 2.75) is 0 Å². The zero-order chi connectivity index (χ0) is 35.8. The van der Waals surface area contributed by atoms with Gasteiger partial charge in [0.15, 0.2) is 0 Å². The third-order valence-electron chi connectivity index (χ3n) is 10.5. The molecule has 9 aromatic carbocycles.